The lowest BCUT2D eigenvalue weighted by Gasteiger charge is -2.35. The molecule has 0 saturated heterocycles. The summed E-state index contributed by atoms with van der Waals surface area (Å²) in [6, 6.07) is 5.00. The van der Waals surface area contributed by atoms with Crippen LogP contribution in [0, 0.1) is 11.2 Å². The summed E-state index contributed by atoms with van der Waals surface area (Å²) in [7, 11) is 0. The first-order valence-electron chi connectivity index (χ1n) is 6.85. The van der Waals surface area contributed by atoms with E-state index in [4.69, 9.17) is 11.6 Å². The molecule has 2 rings (SSSR count). The molecule has 0 bridgehead atoms. The molecule has 0 aromatic heterocycles. The molecule has 0 unspecified atom stereocenters. The zero-order chi connectivity index (χ0) is 13.7. The van der Waals surface area contributed by atoms with Crippen molar-refractivity contribution in [1.29, 1.82) is 0 Å². The van der Waals surface area contributed by atoms with Crippen molar-refractivity contribution < 1.29 is 4.39 Å². The second-order valence-corrected chi connectivity index (χ2v) is 6.76. The number of rotatable bonds is 5. The fourth-order valence-corrected chi connectivity index (χ4v) is 3.72. The van der Waals surface area contributed by atoms with Gasteiger partial charge in [0.05, 0.1) is 0 Å². The predicted octanol–water partition coefficient (Wildman–Crippen LogP) is 4.87. The van der Waals surface area contributed by atoms with Gasteiger partial charge in [-0.3, -0.25) is 0 Å². The molecule has 0 spiro atoms. The van der Waals surface area contributed by atoms with Crippen LogP contribution in [0.5, 0.6) is 0 Å². The molecule has 1 aromatic rings. The van der Waals surface area contributed by atoms with Crippen molar-refractivity contribution >= 4 is 27.5 Å². The van der Waals surface area contributed by atoms with Gasteiger partial charge < -0.3 is 5.32 Å². The molecule has 0 amide bonds. The Bertz CT molecular complexity index is 398. The topological polar surface area (TPSA) is 12.0 Å². The molecule has 1 N–H and O–H groups in total. The van der Waals surface area contributed by atoms with Gasteiger partial charge in [0.25, 0.3) is 0 Å². The lowest BCUT2D eigenvalue weighted by atomic mass is 9.75. The minimum atomic E-state index is -0.198. The van der Waals surface area contributed by atoms with E-state index in [0.29, 0.717) is 12.4 Å². The van der Waals surface area contributed by atoms with Crippen molar-refractivity contribution in [2.24, 2.45) is 5.41 Å². The van der Waals surface area contributed by atoms with Gasteiger partial charge in [0.1, 0.15) is 5.82 Å². The van der Waals surface area contributed by atoms with Crippen LogP contribution in [-0.4, -0.2) is 12.4 Å². The van der Waals surface area contributed by atoms with Crippen LogP contribution in [0.4, 0.5) is 4.39 Å². The highest BCUT2D eigenvalue weighted by Crippen LogP contribution is 2.36. The minimum absolute atomic E-state index is 0.198. The van der Waals surface area contributed by atoms with Gasteiger partial charge in [-0.05, 0) is 42.0 Å². The van der Waals surface area contributed by atoms with Crippen molar-refractivity contribution in [3.05, 3.63) is 34.1 Å². The van der Waals surface area contributed by atoms with Gasteiger partial charge in [0, 0.05) is 23.4 Å². The maximum atomic E-state index is 13.3. The van der Waals surface area contributed by atoms with Gasteiger partial charge in [-0.25, -0.2) is 4.39 Å². The molecule has 106 valence electrons. The quantitative estimate of drug-likeness (QED) is 0.749. The number of alkyl halides is 1. The summed E-state index contributed by atoms with van der Waals surface area (Å²) < 4.78 is 14.1. The Morgan fingerprint density at radius 3 is 2.58 bits per heavy atom. The third kappa shape index (κ3) is 4.44. The van der Waals surface area contributed by atoms with Crippen LogP contribution < -0.4 is 5.32 Å². The van der Waals surface area contributed by atoms with E-state index in [1.807, 2.05) is 6.07 Å². The summed E-state index contributed by atoms with van der Waals surface area (Å²) in [5.74, 6) is 0.517. The van der Waals surface area contributed by atoms with Crippen LogP contribution in [-0.2, 0) is 6.54 Å². The van der Waals surface area contributed by atoms with Crippen LogP contribution in [0.25, 0.3) is 0 Å². The molecule has 0 aliphatic heterocycles. The van der Waals surface area contributed by atoms with Gasteiger partial charge in [-0.2, -0.15) is 0 Å². The van der Waals surface area contributed by atoms with E-state index in [2.05, 4.69) is 21.2 Å². The molecule has 0 radical (unpaired) electrons. The molecule has 1 aliphatic rings. The Kier molecular flexibility index (Phi) is 5.67. The number of hydrogen-bond acceptors (Lipinski definition) is 1. The summed E-state index contributed by atoms with van der Waals surface area (Å²) in [6.45, 7) is 1.61. The monoisotopic (exact) mass is 347 g/mol. The summed E-state index contributed by atoms with van der Waals surface area (Å²) in [6.07, 6.45) is 6.29. The standard InChI is InChI=1S/C15H20BrClFN/c16-13-6-12(7-14(18)8-13)9-19-11-15(10-17)4-2-1-3-5-15/h6-8,19H,1-5,9-11H2. The lowest BCUT2D eigenvalue weighted by molar-refractivity contribution is 0.212. The highest BCUT2D eigenvalue weighted by Gasteiger charge is 2.30. The SMILES string of the molecule is Fc1cc(Br)cc(CNCC2(CCl)CCCCC2)c1. The van der Waals surface area contributed by atoms with Crippen LogP contribution in [0.1, 0.15) is 37.7 Å². The molecule has 4 heteroatoms. The van der Waals surface area contributed by atoms with E-state index in [0.717, 1.165) is 16.6 Å². The number of hydrogen-bond donors (Lipinski definition) is 1. The van der Waals surface area contributed by atoms with Gasteiger partial charge in [-0.1, -0.05) is 35.2 Å². The van der Waals surface area contributed by atoms with Crippen LogP contribution in [0.2, 0.25) is 0 Å². The van der Waals surface area contributed by atoms with Gasteiger partial charge >= 0.3 is 0 Å². The largest absolute Gasteiger partial charge is 0.312 e. The maximum absolute atomic E-state index is 13.3. The zero-order valence-electron chi connectivity index (χ0n) is 11.0. The molecular formula is C15H20BrClFN. The molecule has 0 heterocycles. The minimum Gasteiger partial charge on any atom is -0.312 e. The smallest absolute Gasteiger partial charge is 0.124 e. The van der Waals surface area contributed by atoms with Crippen LogP contribution >= 0.6 is 27.5 Å². The predicted molar refractivity (Wildman–Crippen MR) is 82.0 cm³/mol. The number of halogens is 3. The summed E-state index contributed by atoms with van der Waals surface area (Å²) in [5.41, 5.74) is 1.21. The Balaban J connectivity index is 1.88. The molecule has 1 nitrogen and oxygen atoms in total. The molecule has 19 heavy (non-hydrogen) atoms. The molecule has 1 fully saturated rings. The van der Waals surface area contributed by atoms with Crippen molar-refractivity contribution in [2.45, 2.75) is 38.6 Å². The second kappa shape index (κ2) is 7.05. The van der Waals surface area contributed by atoms with E-state index in [-0.39, 0.29) is 11.2 Å². The highest BCUT2D eigenvalue weighted by atomic mass is 79.9. The van der Waals surface area contributed by atoms with Crippen molar-refractivity contribution in [3.63, 3.8) is 0 Å². The fraction of sp³-hybridized carbons (Fsp3) is 0.600. The fourth-order valence-electron chi connectivity index (χ4n) is 2.84. The Morgan fingerprint density at radius 2 is 1.95 bits per heavy atom. The van der Waals surface area contributed by atoms with E-state index < -0.39 is 0 Å². The van der Waals surface area contributed by atoms with Gasteiger partial charge in [0.15, 0.2) is 0 Å². The number of benzene rings is 1. The first kappa shape index (κ1) is 15.3. The molecule has 0 atom stereocenters. The third-order valence-corrected chi connectivity index (χ3v) is 4.97. The number of nitrogens with one attached hydrogen (secondary N) is 1. The Morgan fingerprint density at radius 1 is 1.21 bits per heavy atom. The highest BCUT2D eigenvalue weighted by molar-refractivity contribution is 9.10. The summed E-state index contributed by atoms with van der Waals surface area (Å²) in [5, 5.41) is 3.45. The first-order chi connectivity index (χ1) is 9.13. The van der Waals surface area contributed by atoms with Crippen molar-refractivity contribution in [3.8, 4) is 0 Å². The molecule has 1 aromatic carbocycles. The molecule has 1 aliphatic carbocycles. The molecular weight excluding hydrogens is 329 g/mol. The second-order valence-electron chi connectivity index (χ2n) is 5.58. The van der Waals surface area contributed by atoms with E-state index in [1.165, 1.54) is 38.2 Å². The third-order valence-electron chi connectivity index (χ3n) is 3.95. The van der Waals surface area contributed by atoms with E-state index in [9.17, 15) is 4.39 Å². The van der Waals surface area contributed by atoms with Gasteiger partial charge in [0.2, 0.25) is 0 Å². The van der Waals surface area contributed by atoms with E-state index >= 15 is 0 Å². The maximum Gasteiger partial charge on any atom is 0.124 e. The zero-order valence-corrected chi connectivity index (χ0v) is 13.4. The van der Waals surface area contributed by atoms with Crippen LogP contribution in [0.3, 0.4) is 0 Å². The van der Waals surface area contributed by atoms with Crippen molar-refractivity contribution in [1.82, 2.24) is 5.32 Å². The van der Waals surface area contributed by atoms with Crippen LogP contribution in [0.15, 0.2) is 22.7 Å². The Labute approximate surface area is 128 Å². The van der Waals surface area contributed by atoms with Gasteiger partial charge in [-0.15, -0.1) is 11.6 Å². The summed E-state index contributed by atoms with van der Waals surface area (Å²) in [4.78, 5) is 0. The average molecular weight is 349 g/mol. The van der Waals surface area contributed by atoms with Crippen molar-refractivity contribution in [2.75, 3.05) is 12.4 Å². The Hall–Kier alpha value is -0.120. The summed E-state index contributed by atoms with van der Waals surface area (Å²) >= 11 is 9.48. The molecule has 1 saturated carbocycles. The first-order valence-corrected chi connectivity index (χ1v) is 8.18. The lowest BCUT2D eigenvalue weighted by Crippen LogP contribution is -2.37. The average Bonchev–Trinajstić information content (AvgIpc) is 2.39. The normalized spacial score (nSPS) is 18.5. The van der Waals surface area contributed by atoms with E-state index in [1.54, 1.807) is 6.07 Å².